The Balaban J connectivity index is 2.03. The van der Waals surface area contributed by atoms with Crippen LogP contribution in [0.25, 0.3) is 0 Å². The summed E-state index contributed by atoms with van der Waals surface area (Å²) in [6, 6.07) is 0. The van der Waals surface area contributed by atoms with Gasteiger partial charge in [-0.15, -0.1) is 0 Å². The number of rotatable bonds is 0. The fraction of sp³-hybridized carbons (Fsp3) is 0.778. The molecule has 1 heterocycles. The third-order valence-electron chi connectivity index (χ3n) is 3.90. The summed E-state index contributed by atoms with van der Waals surface area (Å²) >= 11 is 0. The third-order valence-corrected chi connectivity index (χ3v) is 3.90. The van der Waals surface area contributed by atoms with Gasteiger partial charge >= 0.3 is 0 Å². The number of hydrogen-bond donors (Lipinski definition) is 1. The second-order valence-corrected chi connectivity index (χ2v) is 4.37. The molecule has 0 aromatic rings. The highest BCUT2D eigenvalue weighted by Crippen LogP contribution is 2.55. The van der Waals surface area contributed by atoms with E-state index in [9.17, 15) is 9.59 Å². The Morgan fingerprint density at radius 3 is 2.00 bits per heavy atom. The molecule has 3 aliphatic rings. The van der Waals surface area contributed by atoms with Gasteiger partial charge in [0.25, 0.3) is 11.8 Å². The van der Waals surface area contributed by atoms with Crippen LogP contribution >= 0.6 is 0 Å². The van der Waals surface area contributed by atoms with Crippen molar-refractivity contribution in [3.8, 4) is 0 Å². The lowest BCUT2D eigenvalue weighted by atomic mass is 9.81. The molecule has 4 nitrogen and oxygen atoms in total. The smallest absolute Gasteiger partial charge is 0.257 e. The standard InChI is InChI=1S/C9H11NO3/c11-8-6-4-1-2-5(3-4)7(6)9(12)10(8)13/h4-7,13H,1-3H2/t4-,5-,6+,7+/m0/s1. The van der Waals surface area contributed by atoms with Gasteiger partial charge in [0, 0.05) is 0 Å². The zero-order chi connectivity index (χ0) is 9.16. The molecule has 0 radical (unpaired) electrons. The molecule has 2 saturated carbocycles. The number of imide groups is 1. The highest BCUT2D eigenvalue weighted by molar-refractivity contribution is 6.04. The summed E-state index contributed by atoms with van der Waals surface area (Å²) in [4.78, 5) is 22.9. The van der Waals surface area contributed by atoms with Crippen LogP contribution in [-0.2, 0) is 9.59 Å². The highest BCUT2D eigenvalue weighted by Gasteiger charge is 2.60. The molecular weight excluding hydrogens is 170 g/mol. The molecule has 13 heavy (non-hydrogen) atoms. The number of carbonyl (C=O) groups excluding carboxylic acids is 2. The van der Waals surface area contributed by atoms with Crippen LogP contribution in [0.2, 0.25) is 0 Å². The van der Waals surface area contributed by atoms with E-state index in [1.165, 1.54) is 0 Å². The molecule has 1 saturated heterocycles. The van der Waals surface area contributed by atoms with E-state index in [-0.39, 0.29) is 23.7 Å². The molecule has 1 N–H and O–H groups in total. The molecule has 2 aliphatic carbocycles. The summed E-state index contributed by atoms with van der Waals surface area (Å²) in [5.41, 5.74) is 0. The van der Waals surface area contributed by atoms with Crippen molar-refractivity contribution in [3.05, 3.63) is 0 Å². The highest BCUT2D eigenvalue weighted by atomic mass is 16.5. The van der Waals surface area contributed by atoms with E-state index in [0.717, 1.165) is 19.3 Å². The van der Waals surface area contributed by atoms with Crippen LogP contribution in [0.5, 0.6) is 0 Å². The number of hydrogen-bond acceptors (Lipinski definition) is 3. The Labute approximate surface area is 75.5 Å². The van der Waals surface area contributed by atoms with E-state index in [1.807, 2.05) is 0 Å². The van der Waals surface area contributed by atoms with Crippen LogP contribution in [0, 0.1) is 23.7 Å². The first-order valence-electron chi connectivity index (χ1n) is 4.77. The van der Waals surface area contributed by atoms with E-state index >= 15 is 0 Å². The summed E-state index contributed by atoms with van der Waals surface area (Å²) in [5.74, 6) is -0.357. The summed E-state index contributed by atoms with van der Waals surface area (Å²) < 4.78 is 0. The van der Waals surface area contributed by atoms with Crippen molar-refractivity contribution in [1.82, 2.24) is 5.06 Å². The predicted octanol–water partition coefficient (Wildman–Crippen LogP) is 0.407. The lowest BCUT2D eigenvalue weighted by molar-refractivity contribution is -0.174. The Hall–Kier alpha value is -0.900. The van der Waals surface area contributed by atoms with E-state index < -0.39 is 0 Å². The van der Waals surface area contributed by atoms with Gasteiger partial charge in [0.15, 0.2) is 0 Å². The molecule has 1 aliphatic heterocycles. The normalized spacial score (nSPS) is 47.6. The van der Waals surface area contributed by atoms with E-state index in [4.69, 9.17) is 5.21 Å². The molecule has 2 bridgehead atoms. The number of hydroxylamine groups is 2. The number of nitrogens with zero attached hydrogens (tertiary/aromatic N) is 1. The van der Waals surface area contributed by atoms with Crippen molar-refractivity contribution in [2.45, 2.75) is 19.3 Å². The minimum Gasteiger partial charge on any atom is -0.278 e. The Bertz CT molecular complexity index is 273. The Morgan fingerprint density at radius 1 is 1.08 bits per heavy atom. The molecule has 0 aromatic carbocycles. The first-order valence-corrected chi connectivity index (χ1v) is 4.77. The first kappa shape index (κ1) is 7.50. The summed E-state index contributed by atoms with van der Waals surface area (Å²) in [6.45, 7) is 0. The van der Waals surface area contributed by atoms with Crippen molar-refractivity contribution >= 4 is 11.8 Å². The zero-order valence-electron chi connectivity index (χ0n) is 7.14. The van der Waals surface area contributed by atoms with Crippen LogP contribution in [0.15, 0.2) is 0 Å². The number of fused-ring (bicyclic) bond motifs is 5. The van der Waals surface area contributed by atoms with Gasteiger partial charge in [-0.05, 0) is 31.1 Å². The second-order valence-electron chi connectivity index (χ2n) is 4.37. The molecular formula is C9H11NO3. The lowest BCUT2D eigenvalue weighted by Crippen LogP contribution is -2.29. The van der Waals surface area contributed by atoms with Crippen molar-refractivity contribution in [2.24, 2.45) is 23.7 Å². The number of carbonyl (C=O) groups is 2. The molecule has 2 amide bonds. The minimum absolute atomic E-state index is 0.184. The zero-order valence-corrected chi connectivity index (χ0v) is 7.14. The monoisotopic (exact) mass is 181 g/mol. The van der Waals surface area contributed by atoms with Crippen LogP contribution in [-0.4, -0.2) is 22.1 Å². The quantitative estimate of drug-likeness (QED) is 0.435. The summed E-state index contributed by atoms with van der Waals surface area (Å²) in [7, 11) is 0. The maximum atomic E-state index is 11.4. The van der Waals surface area contributed by atoms with Crippen LogP contribution in [0.4, 0.5) is 0 Å². The summed E-state index contributed by atoms with van der Waals surface area (Å²) in [5, 5.41) is 9.52. The van der Waals surface area contributed by atoms with Crippen LogP contribution < -0.4 is 0 Å². The molecule has 70 valence electrons. The largest absolute Gasteiger partial charge is 0.278 e. The van der Waals surface area contributed by atoms with Gasteiger partial charge in [-0.25, -0.2) is 0 Å². The minimum atomic E-state index is -0.359. The molecule has 0 aromatic heterocycles. The first-order chi connectivity index (χ1) is 6.20. The average Bonchev–Trinajstić information content (AvgIpc) is 2.76. The van der Waals surface area contributed by atoms with Gasteiger partial charge in [-0.1, -0.05) is 0 Å². The fourth-order valence-corrected chi connectivity index (χ4v) is 3.39. The van der Waals surface area contributed by atoms with Gasteiger partial charge in [0.2, 0.25) is 0 Å². The molecule has 3 fully saturated rings. The molecule has 4 heteroatoms. The van der Waals surface area contributed by atoms with Crippen LogP contribution in [0.1, 0.15) is 19.3 Å². The molecule has 0 spiro atoms. The van der Waals surface area contributed by atoms with Crippen molar-refractivity contribution in [1.29, 1.82) is 0 Å². The molecule has 3 rings (SSSR count). The van der Waals surface area contributed by atoms with Crippen molar-refractivity contribution in [3.63, 3.8) is 0 Å². The van der Waals surface area contributed by atoms with Crippen LogP contribution in [0.3, 0.4) is 0 Å². The van der Waals surface area contributed by atoms with Gasteiger partial charge in [0.1, 0.15) is 0 Å². The van der Waals surface area contributed by atoms with Gasteiger partial charge in [-0.3, -0.25) is 14.8 Å². The van der Waals surface area contributed by atoms with E-state index in [2.05, 4.69) is 0 Å². The Kier molecular flexibility index (Phi) is 1.22. The van der Waals surface area contributed by atoms with Gasteiger partial charge in [0.05, 0.1) is 11.8 Å². The van der Waals surface area contributed by atoms with Crippen molar-refractivity contribution < 1.29 is 14.8 Å². The Morgan fingerprint density at radius 2 is 1.54 bits per heavy atom. The van der Waals surface area contributed by atoms with Gasteiger partial charge in [-0.2, -0.15) is 5.06 Å². The molecule has 0 unspecified atom stereocenters. The van der Waals surface area contributed by atoms with Crippen molar-refractivity contribution in [2.75, 3.05) is 0 Å². The topological polar surface area (TPSA) is 57.6 Å². The second kappa shape index (κ2) is 2.12. The lowest BCUT2D eigenvalue weighted by Gasteiger charge is -2.18. The maximum absolute atomic E-state index is 11.4. The average molecular weight is 181 g/mol. The van der Waals surface area contributed by atoms with Gasteiger partial charge < -0.3 is 0 Å². The number of amides is 2. The SMILES string of the molecule is O=C1[C@@H]2[C@H]3CC[C@@H](C3)[C@H]2C(=O)N1O. The van der Waals surface area contributed by atoms with E-state index in [1.54, 1.807) is 0 Å². The summed E-state index contributed by atoms with van der Waals surface area (Å²) in [6.07, 6.45) is 3.12. The fourth-order valence-electron chi connectivity index (χ4n) is 3.39. The maximum Gasteiger partial charge on any atom is 0.257 e. The molecule has 4 atom stereocenters. The predicted molar refractivity (Wildman–Crippen MR) is 41.5 cm³/mol. The third kappa shape index (κ3) is 0.705. The van der Waals surface area contributed by atoms with E-state index in [0.29, 0.717) is 16.9 Å².